The number of amides is 1. The number of hydroxylamine groups is 1. The van der Waals surface area contributed by atoms with Gasteiger partial charge >= 0.3 is 6.36 Å². The summed E-state index contributed by atoms with van der Waals surface area (Å²) >= 11 is 0. The Bertz CT molecular complexity index is 1180. The largest absolute Gasteiger partial charge is 0.573 e. The Morgan fingerprint density at radius 3 is 2.35 bits per heavy atom. The Balaban J connectivity index is 1.36. The van der Waals surface area contributed by atoms with Crippen LogP contribution in [0.1, 0.15) is 23.7 Å². The predicted molar refractivity (Wildman–Crippen MR) is 125 cm³/mol. The maximum absolute atomic E-state index is 12.6. The Morgan fingerprint density at radius 2 is 1.73 bits per heavy atom. The fraction of sp³-hybridized carbons (Fsp3) is 0.360. The van der Waals surface area contributed by atoms with Crippen molar-refractivity contribution in [1.82, 2.24) is 15.0 Å². The number of nitrogens with one attached hydrogen (secondary N) is 1. The van der Waals surface area contributed by atoms with Gasteiger partial charge in [-0.25, -0.2) is 15.3 Å². The molecule has 3 aromatic rings. The van der Waals surface area contributed by atoms with E-state index in [1.165, 1.54) is 37.7 Å². The lowest BCUT2D eigenvalue weighted by Crippen LogP contribution is -2.50. The highest BCUT2D eigenvalue weighted by Gasteiger charge is 2.37. The van der Waals surface area contributed by atoms with Gasteiger partial charge in [0.2, 0.25) is 6.29 Å². The van der Waals surface area contributed by atoms with Crippen LogP contribution in [0.25, 0.3) is 16.9 Å². The summed E-state index contributed by atoms with van der Waals surface area (Å²) in [5, 5.41) is 0. The summed E-state index contributed by atoms with van der Waals surface area (Å²) in [5.74, 6) is -0.769. The molecule has 37 heavy (non-hydrogen) atoms. The fourth-order valence-electron chi connectivity index (χ4n) is 3.91. The number of halogens is 3. The van der Waals surface area contributed by atoms with Crippen LogP contribution in [0.5, 0.6) is 5.75 Å². The Kier molecular flexibility index (Phi) is 8.13. The molecule has 198 valence electrons. The lowest BCUT2D eigenvalue weighted by atomic mass is 10.0. The number of carbonyl (C=O) groups is 1. The first kappa shape index (κ1) is 26.6. The van der Waals surface area contributed by atoms with Crippen LogP contribution >= 0.6 is 0 Å². The third-order valence-electron chi connectivity index (χ3n) is 5.91. The molecule has 0 saturated carbocycles. The van der Waals surface area contributed by atoms with Crippen LogP contribution in [0, 0.1) is 0 Å². The zero-order valence-electron chi connectivity index (χ0n) is 20.3. The minimum atomic E-state index is -4.75. The number of alkyl halides is 3. The average Bonchev–Trinajstić information content (AvgIpc) is 3.37. The summed E-state index contributed by atoms with van der Waals surface area (Å²) in [4.78, 5) is 22.4. The molecule has 4 atom stereocenters. The summed E-state index contributed by atoms with van der Waals surface area (Å²) in [7, 11) is 3.13. The third-order valence-corrected chi connectivity index (χ3v) is 5.91. The minimum Gasteiger partial charge on any atom is -0.406 e. The molecular formula is C25H26F3N3O6. The molecule has 0 spiro atoms. The monoisotopic (exact) mass is 521 g/mol. The van der Waals surface area contributed by atoms with E-state index in [9.17, 15) is 18.0 Å². The normalized spacial score (nSPS) is 22.0. The van der Waals surface area contributed by atoms with Gasteiger partial charge in [0.05, 0.1) is 24.2 Å². The molecule has 1 amide bonds. The summed E-state index contributed by atoms with van der Waals surface area (Å²) in [5.41, 5.74) is 4.71. The first-order valence-electron chi connectivity index (χ1n) is 11.3. The fourth-order valence-corrected chi connectivity index (χ4v) is 3.91. The molecular weight excluding hydrogens is 495 g/mol. The molecule has 1 aromatic heterocycles. The number of carbonyl (C=O) groups excluding carboxylic acids is 1. The zero-order valence-corrected chi connectivity index (χ0v) is 20.3. The summed E-state index contributed by atoms with van der Waals surface area (Å²) in [6.45, 7) is 1.86. The van der Waals surface area contributed by atoms with E-state index in [4.69, 9.17) is 19.0 Å². The van der Waals surface area contributed by atoms with E-state index in [1.807, 2.05) is 6.92 Å². The smallest absolute Gasteiger partial charge is 0.406 e. The van der Waals surface area contributed by atoms with E-state index in [0.717, 1.165) is 5.56 Å². The molecule has 0 radical (unpaired) electrons. The average molecular weight is 521 g/mol. The van der Waals surface area contributed by atoms with E-state index in [-0.39, 0.29) is 18.0 Å². The van der Waals surface area contributed by atoms with Crippen LogP contribution in [0.15, 0.2) is 61.1 Å². The van der Waals surface area contributed by atoms with Gasteiger partial charge in [-0.1, -0.05) is 12.1 Å². The minimum absolute atomic E-state index is 0.140. The molecule has 0 unspecified atom stereocenters. The maximum atomic E-state index is 12.6. The Labute approximate surface area is 211 Å². The quantitative estimate of drug-likeness (QED) is 0.443. The highest BCUT2D eigenvalue weighted by molar-refractivity contribution is 5.93. The van der Waals surface area contributed by atoms with Crippen LogP contribution < -0.4 is 10.2 Å². The van der Waals surface area contributed by atoms with Crippen molar-refractivity contribution in [1.29, 1.82) is 0 Å². The maximum Gasteiger partial charge on any atom is 0.573 e. The van der Waals surface area contributed by atoms with Crippen LogP contribution in [0.4, 0.5) is 13.2 Å². The Hall–Kier alpha value is -3.45. The SMILES string of the molecule is CO[C@@H]1C[C@@H](OC)[C@H](C)O[C@H]1ONC(=O)c1ccc(-c2cn(-c3ccc(OC(F)(F)F)cc3)cn2)cc1. The second kappa shape index (κ2) is 11.3. The van der Waals surface area contributed by atoms with Crippen molar-refractivity contribution < 1.29 is 41.8 Å². The zero-order chi connectivity index (χ0) is 26.6. The van der Waals surface area contributed by atoms with E-state index in [0.29, 0.717) is 23.4 Å². The summed E-state index contributed by atoms with van der Waals surface area (Å²) < 4.78 is 59.1. The first-order chi connectivity index (χ1) is 17.7. The second-order valence-electron chi connectivity index (χ2n) is 8.33. The first-order valence-corrected chi connectivity index (χ1v) is 11.3. The number of ether oxygens (including phenoxy) is 4. The highest BCUT2D eigenvalue weighted by atomic mass is 19.4. The van der Waals surface area contributed by atoms with Crippen molar-refractivity contribution in [2.75, 3.05) is 14.2 Å². The number of hydrogen-bond acceptors (Lipinski definition) is 7. The number of aromatic nitrogens is 2. The molecule has 12 heteroatoms. The highest BCUT2D eigenvalue weighted by Crippen LogP contribution is 2.26. The molecule has 0 aliphatic carbocycles. The standard InChI is InChI=1S/C25H26F3N3O6/c1-15-21(33-2)12-22(34-3)24(35-15)37-30-23(32)17-6-4-16(5-7-17)20-13-31(14-29-20)18-8-10-19(11-9-18)36-25(26,27)28/h4-11,13-15,21-22,24H,12H2,1-3H3,(H,30,32)/t15-,21+,22+,24-/m0/s1. The van der Waals surface area contributed by atoms with Crippen molar-refractivity contribution in [2.24, 2.45) is 0 Å². The Morgan fingerprint density at radius 1 is 1.05 bits per heavy atom. The van der Waals surface area contributed by atoms with E-state index < -0.39 is 24.7 Å². The number of benzene rings is 2. The van der Waals surface area contributed by atoms with E-state index >= 15 is 0 Å². The van der Waals surface area contributed by atoms with Crippen molar-refractivity contribution in [3.8, 4) is 22.7 Å². The molecule has 9 nitrogen and oxygen atoms in total. The van der Waals surface area contributed by atoms with Gasteiger partial charge in [-0.2, -0.15) is 0 Å². The number of rotatable bonds is 8. The van der Waals surface area contributed by atoms with Gasteiger partial charge in [0, 0.05) is 43.7 Å². The molecule has 1 fully saturated rings. The number of imidazole rings is 1. The molecule has 2 heterocycles. The molecule has 2 aromatic carbocycles. The molecule has 0 bridgehead atoms. The van der Waals surface area contributed by atoms with Gasteiger partial charge in [-0.15, -0.1) is 13.2 Å². The number of hydrogen-bond donors (Lipinski definition) is 1. The van der Waals surface area contributed by atoms with Crippen molar-refractivity contribution in [3.05, 3.63) is 66.6 Å². The molecule has 1 aliphatic heterocycles. The second-order valence-corrected chi connectivity index (χ2v) is 8.33. The molecule has 4 rings (SSSR count). The number of nitrogens with zero attached hydrogens (tertiary/aromatic N) is 2. The molecule has 1 aliphatic rings. The molecule has 1 saturated heterocycles. The summed E-state index contributed by atoms with van der Waals surface area (Å²) in [6.07, 6.45) is -2.50. The predicted octanol–water partition coefficient (Wildman–Crippen LogP) is 4.26. The van der Waals surface area contributed by atoms with Gasteiger partial charge in [0.15, 0.2) is 0 Å². The van der Waals surface area contributed by atoms with Crippen molar-refractivity contribution >= 4 is 5.91 Å². The lowest BCUT2D eigenvalue weighted by Gasteiger charge is -2.37. The van der Waals surface area contributed by atoms with Gasteiger partial charge in [-0.05, 0) is 43.3 Å². The van der Waals surface area contributed by atoms with E-state index in [1.54, 1.807) is 42.1 Å². The van der Waals surface area contributed by atoms with E-state index in [2.05, 4.69) is 15.2 Å². The van der Waals surface area contributed by atoms with Gasteiger partial charge in [0.1, 0.15) is 11.9 Å². The van der Waals surface area contributed by atoms with Gasteiger partial charge in [-0.3, -0.25) is 4.79 Å². The summed E-state index contributed by atoms with van der Waals surface area (Å²) in [6, 6.07) is 12.1. The van der Waals surface area contributed by atoms with Gasteiger partial charge < -0.3 is 23.5 Å². The van der Waals surface area contributed by atoms with Crippen LogP contribution in [-0.4, -0.2) is 60.6 Å². The van der Waals surface area contributed by atoms with Crippen molar-refractivity contribution in [2.45, 2.75) is 44.3 Å². The topological polar surface area (TPSA) is 93.1 Å². The third kappa shape index (κ3) is 6.66. The lowest BCUT2D eigenvalue weighted by molar-refractivity contribution is -0.282. The van der Waals surface area contributed by atoms with Crippen molar-refractivity contribution in [3.63, 3.8) is 0 Å². The van der Waals surface area contributed by atoms with Crippen LogP contribution in [0.2, 0.25) is 0 Å². The number of methoxy groups -OCH3 is 2. The van der Waals surface area contributed by atoms with Gasteiger partial charge in [0.25, 0.3) is 5.91 Å². The molecule has 1 N–H and O–H groups in total. The van der Waals surface area contributed by atoms with Crippen LogP contribution in [-0.2, 0) is 19.0 Å². The van der Waals surface area contributed by atoms with Crippen LogP contribution in [0.3, 0.4) is 0 Å².